The van der Waals surface area contributed by atoms with Crippen molar-refractivity contribution >= 4 is 60.2 Å². The van der Waals surface area contributed by atoms with Crippen LogP contribution in [0.15, 0.2) is 140 Å². The number of hydrogen-bond donors (Lipinski definition) is 0. The van der Waals surface area contributed by atoms with Crippen LogP contribution in [0.5, 0.6) is 0 Å². The number of rotatable bonds is 3. The molecule has 0 amide bonds. The Bertz CT molecular complexity index is 1800. The van der Waals surface area contributed by atoms with Crippen molar-refractivity contribution in [2.45, 2.75) is 0 Å². The predicted molar refractivity (Wildman–Crippen MR) is 151 cm³/mol. The maximum atomic E-state index is 2.38. The molecule has 0 heterocycles. The lowest BCUT2D eigenvalue weighted by Gasteiger charge is -2.28. The number of fused-ring (bicyclic) bond motifs is 7. The van der Waals surface area contributed by atoms with E-state index in [1.54, 1.807) is 0 Å². The highest BCUT2D eigenvalue weighted by Crippen LogP contribution is 2.44. The molecule has 7 rings (SSSR count). The summed E-state index contributed by atoms with van der Waals surface area (Å²) in [6.07, 6.45) is 0. The lowest BCUT2D eigenvalue weighted by atomic mass is 9.92. The van der Waals surface area contributed by atoms with Gasteiger partial charge in [-0.2, -0.15) is 0 Å². The molecule has 0 bridgehead atoms. The summed E-state index contributed by atoms with van der Waals surface area (Å²) >= 11 is 0. The Balaban J connectivity index is 1.65. The molecule has 0 fully saturated rings. The monoisotopic (exact) mass is 445 g/mol. The molecule has 0 radical (unpaired) electrons. The van der Waals surface area contributed by atoms with Crippen LogP contribution >= 0.6 is 0 Å². The first kappa shape index (κ1) is 19.8. The van der Waals surface area contributed by atoms with Crippen LogP contribution in [-0.2, 0) is 0 Å². The molecule has 0 aliphatic heterocycles. The standard InChI is InChI=1S/C34H23N/c1-3-13-26(14-4-1)35(27-15-5-2-6-16-27)33-23-25-12-8-10-18-29(25)34-31-20-19-24-11-7-9-17-28(24)30(31)21-22-32(33)34/h1-23H. The normalized spacial score (nSPS) is 11.4. The Kier molecular flexibility index (Phi) is 4.53. The SMILES string of the molecule is c1ccc(N(c2ccccc2)c2cc3ccccc3c3c2ccc2c4ccccc4ccc23)cc1. The second-order valence-electron chi connectivity index (χ2n) is 8.99. The van der Waals surface area contributed by atoms with E-state index in [1.807, 2.05) is 0 Å². The van der Waals surface area contributed by atoms with E-state index in [1.165, 1.54) is 48.8 Å². The van der Waals surface area contributed by atoms with Crippen molar-refractivity contribution in [1.29, 1.82) is 0 Å². The van der Waals surface area contributed by atoms with Gasteiger partial charge in [0.2, 0.25) is 0 Å². The van der Waals surface area contributed by atoms with Crippen molar-refractivity contribution in [2.75, 3.05) is 4.90 Å². The van der Waals surface area contributed by atoms with E-state index in [-0.39, 0.29) is 0 Å². The summed E-state index contributed by atoms with van der Waals surface area (Å²) < 4.78 is 0. The fraction of sp³-hybridized carbons (Fsp3) is 0. The van der Waals surface area contributed by atoms with Gasteiger partial charge in [0.25, 0.3) is 0 Å². The zero-order valence-electron chi connectivity index (χ0n) is 19.2. The van der Waals surface area contributed by atoms with Crippen molar-refractivity contribution in [3.8, 4) is 0 Å². The summed E-state index contributed by atoms with van der Waals surface area (Å²) in [5.41, 5.74) is 3.48. The summed E-state index contributed by atoms with van der Waals surface area (Å²) in [5, 5.41) is 10.2. The van der Waals surface area contributed by atoms with Crippen LogP contribution in [-0.4, -0.2) is 0 Å². The molecule has 7 aromatic carbocycles. The van der Waals surface area contributed by atoms with E-state index in [0.717, 1.165) is 11.4 Å². The van der Waals surface area contributed by atoms with Crippen molar-refractivity contribution < 1.29 is 0 Å². The van der Waals surface area contributed by atoms with E-state index in [2.05, 4.69) is 144 Å². The molecule has 0 saturated heterocycles. The number of para-hydroxylation sites is 2. The van der Waals surface area contributed by atoms with Gasteiger partial charge in [0.1, 0.15) is 0 Å². The molecule has 0 N–H and O–H groups in total. The van der Waals surface area contributed by atoms with Crippen LogP contribution in [0.3, 0.4) is 0 Å². The maximum Gasteiger partial charge on any atom is 0.0546 e. The third kappa shape index (κ3) is 3.17. The molecule has 7 aromatic rings. The maximum absolute atomic E-state index is 2.38. The van der Waals surface area contributed by atoms with Gasteiger partial charge in [0.15, 0.2) is 0 Å². The molecule has 164 valence electrons. The number of anilines is 3. The first-order valence-electron chi connectivity index (χ1n) is 12.0. The van der Waals surface area contributed by atoms with Crippen LogP contribution in [0.1, 0.15) is 0 Å². The van der Waals surface area contributed by atoms with Crippen LogP contribution in [0.4, 0.5) is 17.1 Å². The average molecular weight is 446 g/mol. The van der Waals surface area contributed by atoms with Crippen LogP contribution < -0.4 is 4.90 Å². The highest BCUT2D eigenvalue weighted by molar-refractivity contribution is 6.27. The van der Waals surface area contributed by atoms with Gasteiger partial charge in [-0.3, -0.25) is 0 Å². The number of nitrogens with zero attached hydrogens (tertiary/aromatic N) is 1. The molecule has 0 aliphatic rings. The van der Waals surface area contributed by atoms with Gasteiger partial charge in [0, 0.05) is 16.8 Å². The second kappa shape index (κ2) is 8.00. The molecule has 1 nitrogen and oxygen atoms in total. The summed E-state index contributed by atoms with van der Waals surface area (Å²) in [7, 11) is 0. The molecule has 0 saturated carbocycles. The predicted octanol–water partition coefficient (Wildman–Crippen LogP) is 9.77. The van der Waals surface area contributed by atoms with E-state index in [0.29, 0.717) is 0 Å². The van der Waals surface area contributed by atoms with Crippen LogP contribution in [0.2, 0.25) is 0 Å². The largest absolute Gasteiger partial charge is 0.310 e. The lowest BCUT2D eigenvalue weighted by molar-refractivity contribution is 1.30. The molecule has 35 heavy (non-hydrogen) atoms. The Hall–Kier alpha value is -4.62. The van der Waals surface area contributed by atoms with Crippen molar-refractivity contribution in [2.24, 2.45) is 0 Å². The second-order valence-corrected chi connectivity index (χ2v) is 8.99. The topological polar surface area (TPSA) is 3.24 Å². The van der Waals surface area contributed by atoms with Crippen molar-refractivity contribution in [1.82, 2.24) is 0 Å². The van der Waals surface area contributed by atoms with E-state index in [9.17, 15) is 0 Å². The fourth-order valence-electron chi connectivity index (χ4n) is 5.43. The molecule has 0 spiro atoms. The third-order valence-electron chi connectivity index (χ3n) is 6.99. The highest BCUT2D eigenvalue weighted by Gasteiger charge is 2.18. The fourth-order valence-corrected chi connectivity index (χ4v) is 5.43. The summed E-state index contributed by atoms with van der Waals surface area (Å²) in [4.78, 5) is 2.38. The van der Waals surface area contributed by atoms with Crippen molar-refractivity contribution in [3.05, 3.63) is 140 Å². The summed E-state index contributed by atoms with van der Waals surface area (Å²) in [6, 6.07) is 50.2. The molecule has 0 atom stereocenters. The molecule has 0 aliphatic carbocycles. The Morgan fingerprint density at radius 3 is 1.60 bits per heavy atom. The minimum Gasteiger partial charge on any atom is -0.310 e. The molecular weight excluding hydrogens is 422 g/mol. The third-order valence-corrected chi connectivity index (χ3v) is 6.99. The summed E-state index contributed by atoms with van der Waals surface area (Å²) in [5.74, 6) is 0. The van der Waals surface area contributed by atoms with Crippen molar-refractivity contribution in [3.63, 3.8) is 0 Å². The minimum absolute atomic E-state index is 1.15. The molecular formula is C34H23N. The van der Waals surface area contributed by atoms with Gasteiger partial charge in [-0.05, 0) is 68.0 Å². The number of benzene rings is 7. The van der Waals surface area contributed by atoms with Gasteiger partial charge in [-0.25, -0.2) is 0 Å². The average Bonchev–Trinajstić information content (AvgIpc) is 2.94. The zero-order valence-corrected chi connectivity index (χ0v) is 19.2. The quantitative estimate of drug-likeness (QED) is 0.245. The zero-order chi connectivity index (χ0) is 23.2. The van der Waals surface area contributed by atoms with Gasteiger partial charge in [-0.15, -0.1) is 0 Å². The van der Waals surface area contributed by atoms with E-state index in [4.69, 9.17) is 0 Å². The van der Waals surface area contributed by atoms with Crippen LogP contribution in [0, 0.1) is 0 Å². The number of hydrogen-bond acceptors (Lipinski definition) is 1. The minimum atomic E-state index is 1.15. The molecule has 0 aromatic heterocycles. The van der Waals surface area contributed by atoms with E-state index < -0.39 is 0 Å². The van der Waals surface area contributed by atoms with Gasteiger partial charge >= 0.3 is 0 Å². The van der Waals surface area contributed by atoms with Gasteiger partial charge in [0.05, 0.1) is 5.69 Å². The Morgan fingerprint density at radius 2 is 0.886 bits per heavy atom. The van der Waals surface area contributed by atoms with Gasteiger partial charge < -0.3 is 4.90 Å². The smallest absolute Gasteiger partial charge is 0.0546 e. The molecule has 1 heteroatoms. The first-order chi connectivity index (χ1) is 17.4. The van der Waals surface area contributed by atoms with E-state index >= 15 is 0 Å². The summed E-state index contributed by atoms with van der Waals surface area (Å²) in [6.45, 7) is 0. The van der Waals surface area contributed by atoms with Gasteiger partial charge in [-0.1, -0.05) is 109 Å². The highest BCUT2D eigenvalue weighted by atomic mass is 15.1. The first-order valence-corrected chi connectivity index (χ1v) is 12.0. The Labute approximate surface area is 204 Å². The lowest BCUT2D eigenvalue weighted by Crippen LogP contribution is -2.10. The van der Waals surface area contributed by atoms with Crippen LogP contribution in [0.25, 0.3) is 43.1 Å². The molecule has 0 unspecified atom stereocenters. The Morgan fingerprint density at radius 1 is 0.343 bits per heavy atom.